The number of nitrogens with one attached hydrogen (secondary N) is 1. The Bertz CT molecular complexity index is 896. The average Bonchev–Trinajstić information content (AvgIpc) is 3.38. The Labute approximate surface area is 153 Å². The van der Waals surface area contributed by atoms with Crippen LogP contribution in [0.15, 0.2) is 48.5 Å². The lowest BCUT2D eigenvalue weighted by Gasteiger charge is -2.14. The van der Waals surface area contributed by atoms with E-state index in [-0.39, 0.29) is 17.2 Å². The number of carbonyl (C=O) groups excluding carboxylic acids is 2. The van der Waals surface area contributed by atoms with Gasteiger partial charge in [0.2, 0.25) is 0 Å². The Morgan fingerprint density at radius 2 is 1.74 bits per heavy atom. The molecule has 0 saturated heterocycles. The van der Waals surface area contributed by atoms with Gasteiger partial charge in [-0.05, 0) is 30.5 Å². The summed E-state index contributed by atoms with van der Waals surface area (Å²) in [4.78, 5) is 24.4. The Morgan fingerprint density at radius 1 is 1.04 bits per heavy atom. The van der Waals surface area contributed by atoms with Gasteiger partial charge in [0.05, 0.1) is 5.41 Å². The smallest absolute Gasteiger partial charge is 0.455 e. The fourth-order valence-corrected chi connectivity index (χ4v) is 2.99. The quantitative estimate of drug-likeness (QED) is 0.813. The van der Waals surface area contributed by atoms with E-state index in [1.807, 2.05) is 30.3 Å². The van der Waals surface area contributed by atoms with Gasteiger partial charge in [-0.15, -0.1) is 8.78 Å². The van der Waals surface area contributed by atoms with E-state index in [2.05, 4.69) is 14.8 Å². The lowest BCUT2D eigenvalue weighted by Crippen LogP contribution is -2.28. The first kappa shape index (κ1) is 17.3. The molecule has 4 rings (SSSR count). The van der Waals surface area contributed by atoms with Crippen molar-refractivity contribution < 1.29 is 32.6 Å². The van der Waals surface area contributed by atoms with Gasteiger partial charge in [0.1, 0.15) is 0 Å². The van der Waals surface area contributed by atoms with Crippen LogP contribution in [0.4, 0.5) is 14.5 Å². The number of hydrogen-bond acceptors (Lipinski definition) is 5. The number of ether oxygens (including phenoxy) is 3. The van der Waals surface area contributed by atoms with Gasteiger partial charge in [0.15, 0.2) is 18.1 Å². The highest BCUT2D eigenvalue weighted by Crippen LogP contribution is 2.49. The fourth-order valence-electron chi connectivity index (χ4n) is 2.99. The van der Waals surface area contributed by atoms with Gasteiger partial charge in [0.25, 0.3) is 5.91 Å². The van der Waals surface area contributed by atoms with E-state index in [4.69, 9.17) is 4.74 Å². The molecule has 0 bridgehead atoms. The molecule has 8 heteroatoms. The molecule has 1 heterocycles. The van der Waals surface area contributed by atoms with Crippen LogP contribution in [-0.4, -0.2) is 24.8 Å². The first-order valence-corrected chi connectivity index (χ1v) is 8.30. The number of alkyl halides is 2. The highest BCUT2D eigenvalue weighted by molar-refractivity contribution is 5.94. The lowest BCUT2D eigenvalue weighted by atomic mass is 9.96. The van der Waals surface area contributed by atoms with Gasteiger partial charge < -0.3 is 19.5 Å². The third-order valence-corrected chi connectivity index (χ3v) is 4.49. The molecule has 27 heavy (non-hydrogen) atoms. The van der Waals surface area contributed by atoms with Gasteiger partial charge in [-0.3, -0.25) is 9.59 Å². The summed E-state index contributed by atoms with van der Waals surface area (Å²) in [7, 11) is 0. The van der Waals surface area contributed by atoms with Gasteiger partial charge in [-0.2, -0.15) is 0 Å². The van der Waals surface area contributed by atoms with Crippen LogP contribution < -0.4 is 14.8 Å². The third-order valence-electron chi connectivity index (χ3n) is 4.49. The van der Waals surface area contributed by atoms with Crippen LogP contribution in [0.25, 0.3) is 0 Å². The predicted molar refractivity (Wildman–Crippen MR) is 89.6 cm³/mol. The molecule has 1 saturated carbocycles. The lowest BCUT2D eigenvalue weighted by molar-refractivity contribution is -0.286. The molecule has 0 spiro atoms. The average molecular weight is 375 g/mol. The van der Waals surface area contributed by atoms with E-state index in [9.17, 15) is 18.4 Å². The van der Waals surface area contributed by atoms with Crippen molar-refractivity contribution in [1.29, 1.82) is 0 Å². The summed E-state index contributed by atoms with van der Waals surface area (Å²) >= 11 is 0. The zero-order chi connectivity index (χ0) is 19.1. The summed E-state index contributed by atoms with van der Waals surface area (Å²) < 4.78 is 39.8. The number of anilines is 1. The topological polar surface area (TPSA) is 73.9 Å². The minimum atomic E-state index is -3.73. The van der Waals surface area contributed by atoms with Gasteiger partial charge in [-0.25, -0.2) is 0 Å². The number of carbonyl (C=O) groups is 2. The summed E-state index contributed by atoms with van der Waals surface area (Å²) in [6.07, 6.45) is -2.38. The maximum atomic E-state index is 13.0. The summed E-state index contributed by atoms with van der Waals surface area (Å²) in [5.74, 6) is -1.34. The Morgan fingerprint density at radius 3 is 2.44 bits per heavy atom. The molecular weight excluding hydrogens is 360 g/mol. The first-order chi connectivity index (χ1) is 12.9. The van der Waals surface area contributed by atoms with E-state index >= 15 is 0 Å². The van der Waals surface area contributed by atoms with Crippen molar-refractivity contribution >= 4 is 17.6 Å². The molecule has 1 aliphatic heterocycles. The molecular formula is C19H15F2NO5. The maximum absolute atomic E-state index is 13.0. The number of fused-ring (bicyclic) bond motifs is 1. The van der Waals surface area contributed by atoms with Crippen molar-refractivity contribution in [2.45, 2.75) is 24.6 Å². The van der Waals surface area contributed by atoms with Crippen molar-refractivity contribution in [3.05, 3.63) is 54.1 Å². The van der Waals surface area contributed by atoms with Crippen LogP contribution in [-0.2, 0) is 19.7 Å². The monoisotopic (exact) mass is 375 g/mol. The van der Waals surface area contributed by atoms with Crippen LogP contribution in [0.3, 0.4) is 0 Å². The molecule has 0 atom stereocenters. The van der Waals surface area contributed by atoms with Crippen molar-refractivity contribution in [3.63, 3.8) is 0 Å². The molecule has 140 valence electrons. The standard InChI is InChI=1S/C19H15F2NO5/c20-19(21)26-14-7-6-13(10-15(14)27-19)22-16(23)11-25-17(24)18(8-9-18)12-4-2-1-3-5-12/h1-7,10H,8-9,11H2,(H,22,23). The summed E-state index contributed by atoms with van der Waals surface area (Å²) in [6, 6.07) is 13.1. The molecule has 0 radical (unpaired) electrons. The number of benzene rings is 2. The van der Waals surface area contributed by atoms with Crippen LogP contribution in [0.1, 0.15) is 18.4 Å². The highest BCUT2D eigenvalue weighted by Gasteiger charge is 2.52. The molecule has 1 aliphatic carbocycles. The van der Waals surface area contributed by atoms with Gasteiger partial charge in [0, 0.05) is 11.8 Å². The first-order valence-electron chi connectivity index (χ1n) is 8.30. The zero-order valence-electron chi connectivity index (χ0n) is 14.0. The summed E-state index contributed by atoms with van der Waals surface area (Å²) in [6.45, 7) is -0.474. The molecule has 1 amide bonds. The largest absolute Gasteiger partial charge is 0.586 e. The van der Waals surface area contributed by atoms with E-state index in [1.165, 1.54) is 18.2 Å². The van der Waals surface area contributed by atoms with Crippen molar-refractivity contribution in [2.24, 2.45) is 0 Å². The van der Waals surface area contributed by atoms with Crippen LogP contribution in [0, 0.1) is 0 Å². The molecule has 2 aromatic carbocycles. The normalized spacial score (nSPS) is 17.9. The Balaban J connectivity index is 1.34. The number of hydrogen-bond donors (Lipinski definition) is 1. The predicted octanol–water partition coefficient (Wildman–Crippen LogP) is 3.22. The highest BCUT2D eigenvalue weighted by atomic mass is 19.3. The molecule has 0 aromatic heterocycles. The van der Waals surface area contributed by atoms with Crippen molar-refractivity contribution in [3.8, 4) is 11.5 Å². The number of rotatable bonds is 5. The zero-order valence-corrected chi connectivity index (χ0v) is 14.0. The van der Waals surface area contributed by atoms with Crippen molar-refractivity contribution in [1.82, 2.24) is 0 Å². The Hall–Kier alpha value is -3.16. The molecule has 0 unspecified atom stereocenters. The minimum absolute atomic E-state index is 0.122. The maximum Gasteiger partial charge on any atom is 0.586 e. The van der Waals surface area contributed by atoms with E-state index in [1.54, 1.807) is 0 Å². The third kappa shape index (κ3) is 3.42. The SMILES string of the molecule is O=C(COC(=O)C1(c2ccccc2)CC1)Nc1ccc2c(c1)OC(F)(F)O2. The van der Waals surface area contributed by atoms with Gasteiger partial charge >= 0.3 is 12.3 Å². The van der Waals surface area contributed by atoms with E-state index in [0.717, 1.165) is 5.56 Å². The van der Waals surface area contributed by atoms with Crippen LogP contribution in [0.2, 0.25) is 0 Å². The number of halogens is 2. The second kappa shape index (κ2) is 6.22. The van der Waals surface area contributed by atoms with E-state index < -0.39 is 30.2 Å². The second-order valence-electron chi connectivity index (χ2n) is 6.40. The second-order valence-corrected chi connectivity index (χ2v) is 6.40. The minimum Gasteiger partial charge on any atom is -0.455 e. The number of amides is 1. The van der Waals surface area contributed by atoms with Crippen LogP contribution in [0.5, 0.6) is 11.5 Å². The molecule has 1 fully saturated rings. The summed E-state index contributed by atoms with van der Waals surface area (Å²) in [5.41, 5.74) is 0.415. The Kier molecular flexibility index (Phi) is 3.98. The van der Waals surface area contributed by atoms with Gasteiger partial charge in [-0.1, -0.05) is 30.3 Å². The summed E-state index contributed by atoms with van der Waals surface area (Å²) in [5, 5.41) is 2.47. The van der Waals surface area contributed by atoms with Crippen LogP contribution >= 0.6 is 0 Å². The molecule has 2 aromatic rings. The molecule has 1 N–H and O–H groups in total. The van der Waals surface area contributed by atoms with E-state index in [0.29, 0.717) is 12.8 Å². The van der Waals surface area contributed by atoms with Crippen molar-refractivity contribution in [2.75, 3.05) is 11.9 Å². The molecule has 6 nitrogen and oxygen atoms in total. The number of esters is 1. The molecule has 2 aliphatic rings. The fraction of sp³-hybridized carbons (Fsp3) is 0.263.